The maximum Gasteiger partial charge on any atom is 0.328 e. The van der Waals surface area contributed by atoms with Crippen LogP contribution in [-0.2, 0) is 4.79 Å². The summed E-state index contributed by atoms with van der Waals surface area (Å²) in [6.07, 6.45) is 2.18. The summed E-state index contributed by atoms with van der Waals surface area (Å²) in [4.78, 5) is 10.2. The molecule has 0 spiro atoms. The molecule has 0 unspecified atom stereocenters. The van der Waals surface area contributed by atoms with E-state index in [9.17, 15) is 9.18 Å². The van der Waals surface area contributed by atoms with Gasteiger partial charge in [-0.25, -0.2) is 9.18 Å². The number of nitrogen functional groups attached to an aromatic ring is 1. The van der Waals surface area contributed by atoms with Crippen LogP contribution in [0.15, 0.2) is 24.3 Å². The van der Waals surface area contributed by atoms with Crippen LogP contribution < -0.4 is 11.3 Å². The van der Waals surface area contributed by atoms with Crippen molar-refractivity contribution >= 4 is 17.7 Å². The van der Waals surface area contributed by atoms with E-state index in [0.717, 1.165) is 6.08 Å². The Kier molecular flexibility index (Phi) is 3.19. The van der Waals surface area contributed by atoms with Crippen LogP contribution in [0.4, 0.5) is 10.1 Å². The first-order chi connectivity index (χ1) is 6.63. The Morgan fingerprint density at radius 1 is 1.57 bits per heavy atom. The van der Waals surface area contributed by atoms with Gasteiger partial charge in [0.25, 0.3) is 0 Å². The van der Waals surface area contributed by atoms with E-state index in [1.165, 1.54) is 24.3 Å². The summed E-state index contributed by atoms with van der Waals surface area (Å²) in [7, 11) is 0. The zero-order chi connectivity index (χ0) is 10.6. The molecular formula is C9H9FN2O2. The number of aliphatic carboxylic acids is 1. The van der Waals surface area contributed by atoms with Crippen molar-refractivity contribution in [1.29, 1.82) is 0 Å². The molecule has 14 heavy (non-hydrogen) atoms. The number of hydrogen-bond acceptors (Lipinski definition) is 3. The van der Waals surface area contributed by atoms with Gasteiger partial charge in [0.1, 0.15) is 5.82 Å². The van der Waals surface area contributed by atoms with Crippen molar-refractivity contribution in [2.75, 3.05) is 5.43 Å². The number of halogens is 1. The number of nitrogens with one attached hydrogen (secondary N) is 1. The van der Waals surface area contributed by atoms with Crippen molar-refractivity contribution in [2.24, 2.45) is 5.84 Å². The molecule has 0 aliphatic carbocycles. The first-order valence-electron chi connectivity index (χ1n) is 3.80. The molecule has 0 radical (unpaired) electrons. The summed E-state index contributed by atoms with van der Waals surface area (Å²) in [6, 6.07) is 3.85. The normalized spacial score (nSPS) is 10.4. The molecule has 1 aromatic rings. The van der Waals surface area contributed by atoms with E-state index in [0.29, 0.717) is 11.3 Å². The summed E-state index contributed by atoms with van der Waals surface area (Å²) < 4.78 is 12.8. The zero-order valence-electron chi connectivity index (χ0n) is 7.20. The number of carboxylic acid groups (broad SMARTS) is 1. The van der Waals surface area contributed by atoms with Crippen LogP contribution in [0.2, 0.25) is 0 Å². The van der Waals surface area contributed by atoms with Gasteiger partial charge in [-0.15, -0.1) is 0 Å². The maximum absolute atomic E-state index is 12.8. The molecule has 74 valence electrons. The van der Waals surface area contributed by atoms with Crippen LogP contribution >= 0.6 is 0 Å². The average molecular weight is 196 g/mol. The van der Waals surface area contributed by atoms with Crippen molar-refractivity contribution in [3.05, 3.63) is 35.7 Å². The van der Waals surface area contributed by atoms with E-state index in [1.54, 1.807) is 0 Å². The van der Waals surface area contributed by atoms with Gasteiger partial charge in [0.15, 0.2) is 0 Å². The molecule has 4 nitrogen and oxygen atoms in total. The van der Waals surface area contributed by atoms with Crippen LogP contribution in [0.25, 0.3) is 6.08 Å². The number of hydrazine groups is 1. The monoisotopic (exact) mass is 196 g/mol. The van der Waals surface area contributed by atoms with Crippen LogP contribution in [-0.4, -0.2) is 11.1 Å². The lowest BCUT2D eigenvalue weighted by molar-refractivity contribution is -0.131. The highest BCUT2D eigenvalue weighted by Gasteiger charge is 1.99. The first kappa shape index (κ1) is 10.2. The predicted molar refractivity (Wildman–Crippen MR) is 50.9 cm³/mol. The van der Waals surface area contributed by atoms with Gasteiger partial charge in [-0.1, -0.05) is 0 Å². The van der Waals surface area contributed by atoms with Gasteiger partial charge in [-0.3, -0.25) is 5.84 Å². The van der Waals surface area contributed by atoms with Crippen molar-refractivity contribution < 1.29 is 14.3 Å². The van der Waals surface area contributed by atoms with Gasteiger partial charge in [0.05, 0.1) is 5.69 Å². The van der Waals surface area contributed by atoms with Gasteiger partial charge in [-0.2, -0.15) is 0 Å². The quantitative estimate of drug-likeness (QED) is 0.386. The molecule has 0 bridgehead atoms. The second kappa shape index (κ2) is 4.38. The van der Waals surface area contributed by atoms with E-state index in [1.807, 2.05) is 0 Å². The van der Waals surface area contributed by atoms with E-state index in [4.69, 9.17) is 10.9 Å². The standard InChI is InChI=1S/C9H9FN2O2/c10-7-2-3-8(12-11)6(5-7)1-4-9(13)14/h1-5,12H,11H2,(H,13,14)/b4-1+. The Balaban J connectivity index is 3.04. The number of carboxylic acids is 1. The third kappa shape index (κ3) is 2.56. The number of benzene rings is 1. The smallest absolute Gasteiger partial charge is 0.328 e. The molecule has 0 atom stereocenters. The molecule has 0 saturated heterocycles. The second-order valence-corrected chi connectivity index (χ2v) is 2.55. The lowest BCUT2D eigenvalue weighted by Gasteiger charge is -2.03. The van der Waals surface area contributed by atoms with Crippen LogP contribution in [0, 0.1) is 5.82 Å². The zero-order valence-corrected chi connectivity index (χ0v) is 7.20. The molecule has 0 aromatic heterocycles. The minimum atomic E-state index is -1.10. The van der Waals surface area contributed by atoms with Crippen molar-refractivity contribution in [3.63, 3.8) is 0 Å². The minimum absolute atomic E-state index is 0.384. The Labute approximate surface area is 79.8 Å². The molecule has 0 amide bonds. The summed E-state index contributed by atoms with van der Waals surface area (Å²) in [5.74, 6) is 3.60. The van der Waals surface area contributed by atoms with Gasteiger partial charge in [0, 0.05) is 11.6 Å². The molecule has 1 aromatic carbocycles. The van der Waals surface area contributed by atoms with Crippen LogP contribution in [0.1, 0.15) is 5.56 Å². The molecule has 4 N–H and O–H groups in total. The summed E-state index contributed by atoms with van der Waals surface area (Å²) in [5.41, 5.74) is 3.18. The van der Waals surface area contributed by atoms with E-state index in [-0.39, 0.29) is 0 Å². The summed E-state index contributed by atoms with van der Waals surface area (Å²) in [5, 5.41) is 8.38. The molecule has 0 heterocycles. The molecule has 0 aliphatic rings. The largest absolute Gasteiger partial charge is 0.478 e. The van der Waals surface area contributed by atoms with Gasteiger partial charge in [0.2, 0.25) is 0 Å². The van der Waals surface area contributed by atoms with Gasteiger partial charge < -0.3 is 10.5 Å². The molecule has 0 fully saturated rings. The fraction of sp³-hybridized carbons (Fsp3) is 0. The summed E-state index contributed by atoms with van der Waals surface area (Å²) >= 11 is 0. The van der Waals surface area contributed by atoms with E-state index < -0.39 is 11.8 Å². The van der Waals surface area contributed by atoms with Crippen molar-refractivity contribution in [1.82, 2.24) is 0 Å². The number of nitrogens with two attached hydrogens (primary N) is 1. The topological polar surface area (TPSA) is 75.3 Å². The predicted octanol–water partition coefficient (Wildman–Crippen LogP) is 1.21. The molecule has 1 rings (SSSR count). The van der Waals surface area contributed by atoms with Crippen LogP contribution in [0.5, 0.6) is 0 Å². The Hall–Kier alpha value is -1.88. The van der Waals surface area contributed by atoms with E-state index >= 15 is 0 Å². The number of hydrogen-bond donors (Lipinski definition) is 3. The van der Waals surface area contributed by atoms with Crippen LogP contribution in [0.3, 0.4) is 0 Å². The SMILES string of the molecule is NNc1ccc(F)cc1/C=C/C(=O)O. The fourth-order valence-electron chi connectivity index (χ4n) is 0.964. The summed E-state index contributed by atoms with van der Waals surface area (Å²) in [6.45, 7) is 0. The minimum Gasteiger partial charge on any atom is -0.478 e. The third-order valence-electron chi connectivity index (χ3n) is 1.57. The molecule has 5 heteroatoms. The van der Waals surface area contributed by atoms with Crippen molar-refractivity contribution in [3.8, 4) is 0 Å². The van der Waals surface area contributed by atoms with E-state index in [2.05, 4.69) is 5.43 Å². The second-order valence-electron chi connectivity index (χ2n) is 2.55. The maximum atomic E-state index is 12.8. The van der Waals surface area contributed by atoms with Gasteiger partial charge >= 0.3 is 5.97 Å². The molecular weight excluding hydrogens is 187 g/mol. The molecule has 0 aliphatic heterocycles. The Bertz CT molecular complexity index is 377. The third-order valence-corrected chi connectivity index (χ3v) is 1.57. The average Bonchev–Trinajstić information content (AvgIpc) is 2.15. The molecule has 0 saturated carbocycles. The first-order valence-corrected chi connectivity index (χ1v) is 3.80. The lowest BCUT2D eigenvalue weighted by Crippen LogP contribution is -2.08. The Morgan fingerprint density at radius 2 is 2.29 bits per heavy atom. The number of carbonyl (C=O) groups is 1. The number of anilines is 1. The highest BCUT2D eigenvalue weighted by molar-refractivity contribution is 5.86. The highest BCUT2D eigenvalue weighted by atomic mass is 19.1. The van der Waals surface area contributed by atoms with Crippen molar-refractivity contribution in [2.45, 2.75) is 0 Å². The van der Waals surface area contributed by atoms with Gasteiger partial charge in [-0.05, 0) is 24.3 Å². The number of rotatable bonds is 3. The lowest BCUT2D eigenvalue weighted by atomic mass is 10.1. The highest BCUT2D eigenvalue weighted by Crippen LogP contribution is 2.17. The fourth-order valence-corrected chi connectivity index (χ4v) is 0.964. The Morgan fingerprint density at radius 3 is 2.86 bits per heavy atom.